The van der Waals surface area contributed by atoms with E-state index in [0.717, 1.165) is 0 Å². The molecule has 6 heteroatoms. The summed E-state index contributed by atoms with van der Waals surface area (Å²) >= 11 is 9.97. The predicted octanol–water partition coefficient (Wildman–Crippen LogP) is 0.622. The van der Waals surface area contributed by atoms with Crippen molar-refractivity contribution in [3.05, 3.63) is 0 Å². The second kappa shape index (κ2) is 7.08. The van der Waals surface area contributed by atoms with Crippen LogP contribution in [0.3, 0.4) is 0 Å². The minimum Gasteiger partial charge on any atom is -0.320 e. The second-order valence-electron chi connectivity index (χ2n) is 1.80. The summed E-state index contributed by atoms with van der Waals surface area (Å²) < 4.78 is 0. The van der Waals surface area contributed by atoms with E-state index in [9.17, 15) is 9.59 Å². The van der Waals surface area contributed by atoms with Crippen molar-refractivity contribution in [1.82, 2.24) is 0 Å². The molecule has 0 aliphatic rings. The van der Waals surface area contributed by atoms with Gasteiger partial charge in [0.25, 0.3) is 0 Å². The Balaban J connectivity index is 0. The molecule has 0 saturated heterocycles. The molecule has 0 aliphatic heterocycles. The molecular formula is C5H7Cl2CrNO2. The average molecular weight is 236 g/mol. The van der Waals surface area contributed by atoms with Crippen molar-refractivity contribution in [2.24, 2.45) is 5.73 Å². The van der Waals surface area contributed by atoms with Gasteiger partial charge in [-0.15, -0.1) is 0 Å². The Kier molecular flexibility index (Phi) is 8.99. The zero-order valence-electron chi connectivity index (χ0n) is 5.55. The second-order valence-corrected chi connectivity index (χ2v) is 2.60. The summed E-state index contributed by atoms with van der Waals surface area (Å²) in [7, 11) is 0. The summed E-state index contributed by atoms with van der Waals surface area (Å²) in [6.07, 6.45) is 0.297. The Morgan fingerprint density at radius 3 is 2.09 bits per heavy atom. The molecule has 0 unspecified atom stereocenters. The number of hydrogen-bond donors (Lipinski definition) is 1. The Labute approximate surface area is 85.3 Å². The summed E-state index contributed by atoms with van der Waals surface area (Å²) in [5, 5.41) is -1.15. The molecule has 0 aromatic carbocycles. The molecule has 1 atom stereocenters. The van der Waals surface area contributed by atoms with Gasteiger partial charge in [0.1, 0.15) is 0 Å². The van der Waals surface area contributed by atoms with Crippen molar-refractivity contribution in [3.63, 3.8) is 0 Å². The Morgan fingerprint density at radius 1 is 1.36 bits per heavy atom. The van der Waals surface area contributed by atoms with Gasteiger partial charge in [-0.25, -0.2) is 0 Å². The molecule has 0 saturated carbocycles. The molecule has 0 aliphatic carbocycles. The van der Waals surface area contributed by atoms with E-state index >= 15 is 0 Å². The first-order valence-electron chi connectivity index (χ1n) is 2.67. The predicted molar refractivity (Wildman–Crippen MR) is 38.9 cm³/mol. The van der Waals surface area contributed by atoms with E-state index in [1.807, 2.05) is 0 Å². The van der Waals surface area contributed by atoms with Gasteiger partial charge in [-0.3, -0.25) is 9.59 Å². The molecule has 2 N–H and O–H groups in total. The van der Waals surface area contributed by atoms with Gasteiger partial charge in [-0.05, 0) is 29.6 Å². The van der Waals surface area contributed by atoms with Crippen molar-refractivity contribution in [3.8, 4) is 0 Å². The van der Waals surface area contributed by atoms with Crippen molar-refractivity contribution in [2.45, 2.75) is 18.9 Å². The maximum atomic E-state index is 10.2. The Hall–Kier alpha value is 0.412. The molecule has 0 spiro atoms. The zero-order chi connectivity index (χ0) is 8.15. The van der Waals surface area contributed by atoms with E-state index in [1.54, 1.807) is 0 Å². The van der Waals surface area contributed by atoms with Crippen LogP contribution in [-0.2, 0) is 27.0 Å². The number of halogens is 2. The van der Waals surface area contributed by atoms with Gasteiger partial charge in [0.2, 0.25) is 10.5 Å². The molecule has 0 radical (unpaired) electrons. The number of carbonyl (C=O) groups excluding carboxylic acids is 2. The van der Waals surface area contributed by atoms with Crippen LogP contribution >= 0.6 is 23.2 Å². The van der Waals surface area contributed by atoms with Gasteiger partial charge in [-0.2, -0.15) is 0 Å². The molecule has 0 bridgehead atoms. The fourth-order valence-electron chi connectivity index (χ4n) is 0.382. The topological polar surface area (TPSA) is 60.2 Å². The third-order valence-corrected chi connectivity index (χ3v) is 1.41. The van der Waals surface area contributed by atoms with Crippen LogP contribution in [0.2, 0.25) is 0 Å². The van der Waals surface area contributed by atoms with Gasteiger partial charge in [-0.1, -0.05) is 0 Å². The van der Waals surface area contributed by atoms with E-state index < -0.39 is 16.5 Å². The van der Waals surface area contributed by atoms with Crippen molar-refractivity contribution in [2.75, 3.05) is 0 Å². The SMILES string of the molecule is N[C@@H](CCC(=O)Cl)C(=O)Cl.[Cr]. The minimum atomic E-state index is -0.774. The quantitative estimate of drug-likeness (QED) is 0.728. The van der Waals surface area contributed by atoms with E-state index in [4.69, 9.17) is 28.9 Å². The third kappa shape index (κ3) is 8.32. The summed E-state index contributed by atoms with van der Waals surface area (Å²) in [5.41, 5.74) is 5.17. The summed E-state index contributed by atoms with van der Waals surface area (Å²) in [4.78, 5) is 20.4. The molecule has 64 valence electrons. The Morgan fingerprint density at radius 2 is 1.82 bits per heavy atom. The fourth-order valence-corrected chi connectivity index (χ4v) is 0.601. The first kappa shape index (κ1) is 14.0. The fraction of sp³-hybridized carbons (Fsp3) is 0.600. The average Bonchev–Trinajstić information content (AvgIpc) is 1.82. The van der Waals surface area contributed by atoms with E-state index in [0.29, 0.717) is 0 Å². The summed E-state index contributed by atoms with van der Waals surface area (Å²) in [6.45, 7) is 0. The van der Waals surface area contributed by atoms with Gasteiger partial charge < -0.3 is 5.73 Å². The van der Waals surface area contributed by atoms with Crippen LogP contribution < -0.4 is 5.73 Å². The zero-order valence-corrected chi connectivity index (χ0v) is 8.34. The molecule has 0 rings (SSSR count). The van der Waals surface area contributed by atoms with Crippen molar-refractivity contribution in [1.29, 1.82) is 0 Å². The van der Waals surface area contributed by atoms with Crippen LogP contribution in [-0.4, -0.2) is 16.5 Å². The first-order valence-corrected chi connectivity index (χ1v) is 3.43. The van der Waals surface area contributed by atoms with Gasteiger partial charge in [0.05, 0.1) is 6.04 Å². The van der Waals surface area contributed by atoms with Crippen LogP contribution in [0.4, 0.5) is 0 Å². The number of rotatable bonds is 4. The molecule has 3 nitrogen and oxygen atoms in total. The van der Waals surface area contributed by atoms with Crippen molar-refractivity contribution >= 4 is 33.7 Å². The molecular weight excluding hydrogens is 229 g/mol. The summed E-state index contributed by atoms with van der Waals surface area (Å²) in [5.74, 6) is 0. The van der Waals surface area contributed by atoms with E-state index in [-0.39, 0.29) is 30.2 Å². The molecule has 0 aromatic heterocycles. The minimum absolute atomic E-state index is 0. The normalized spacial score (nSPS) is 11.5. The van der Waals surface area contributed by atoms with Gasteiger partial charge in [0, 0.05) is 23.8 Å². The number of nitrogens with two attached hydrogens (primary N) is 1. The molecule has 0 aromatic rings. The van der Waals surface area contributed by atoms with Crippen LogP contribution in [0.5, 0.6) is 0 Å². The van der Waals surface area contributed by atoms with Crippen molar-refractivity contribution < 1.29 is 27.0 Å². The van der Waals surface area contributed by atoms with E-state index in [2.05, 4.69) is 0 Å². The van der Waals surface area contributed by atoms with Crippen LogP contribution in [0, 0.1) is 0 Å². The standard InChI is InChI=1S/C5H7Cl2NO2.Cr/c6-4(9)2-1-3(8)5(7)10;/h3H,1-2,8H2;/t3-;/m0./s1. The van der Waals surface area contributed by atoms with Crippen LogP contribution in [0.15, 0.2) is 0 Å². The molecule has 0 amide bonds. The van der Waals surface area contributed by atoms with Gasteiger partial charge >= 0.3 is 0 Å². The van der Waals surface area contributed by atoms with E-state index in [1.165, 1.54) is 0 Å². The first-order chi connectivity index (χ1) is 4.54. The molecule has 0 fully saturated rings. The maximum Gasteiger partial charge on any atom is 0.238 e. The maximum absolute atomic E-state index is 10.2. The Bertz CT molecular complexity index is 153. The molecule has 0 heterocycles. The van der Waals surface area contributed by atoms with Crippen LogP contribution in [0.1, 0.15) is 12.8 Å². The smallest absolute Gasteiger partial charge is 0.238 e. The number of hydrogen-bond acceptors (Lipinski definition) is 3. The monoisotopic (exact) mass is 235 g/mol. The number of carbonyl (C=O) groups is 2. The van der Waals surface area contributed by atoms with Crippen LogP contribution in [0.25, 0.3) is 0 Å². The largest absolute Gasteiger partial charge is 0.320 e. The summed E-state index contributed by atoms with van der Waals surface area (Å²) in [6, 6.07) is -0.774. The van der Waals surface area contributed by atoms with Gasteiger partial charge in [0.15, 0.2) is 0 Å². The molecule has 11 heavy (non-hydrogen) atoms. The third-order valence-electron chi connectivity index (χ3n) is 0.943.